The van der Waals surface area contributed by atoms with E-state index in [2.05, 4.69) is 17.3 Å². The minimum absolute atomic E-state index is 0.0533. The number of rotatable bonds is 4. The highest BCUT2D eigenvalue weighted by Gasteiger charge is 2.33. The van der Waals surface area contributed by atoms with Gasteiger partial charge in [-0.2, -0.15) is 9.78 Å². The molecule has 0 atom stereocenters. The van der Waals surface area contributed by atoms with Gasteiger partial charge in [0.15, 0.2) is 0 Å². The quantitative estimate of drug-likeness (QED) is 0.887. The van der Waals surface area contributed by atoms with E-state index in [0.717, 1.165) is 4.68 Å². The molecule has 1 N–H and O–H groups in total. The van der Waals surface area contributed by atoms with E-state index in [1.165, 1.54) is 6.20 Å². The van der Waals surface area contributed by atoms with Crippen LogP contribution in [0, 0.1) is 5.41 Å². The van der Waals surface area contributed by atoms with Gasteiger partial charge in [-0.1, -0.05) is 41.7 Å². The number of halogens is 3. The summed E-state index contributed by atoms with van der Waals surface area (Å²) in [5, 5.41) is 8.17. The molecule has 0 aliphatic carbocycles. The van der Waals surface area contributed by atoms with Crippen molar-refractivity contribution >= 4 is 40.5 Å². The molecule has 0 amide bonds. The molecule has 0 bridgehead atoms. The van der Waals surface area contributed by atoms with Crippen molar-refractivity contribution in [1.29, 1.82) is 0 Å². The van der Waals surface area contributed by atoms with Crippen molar-refractivity contribution in [3.8, 4) is 5.69 Å². The number of nitrogens with one attached hydrogen (secondary N) is 1. The van der Waals surface area contributed by atoms with Gasteiger partial charge in [-0.3, -0.25) is 4.79 Å². The zero-order chi connectivity index (χ0) is 16.6. The number of nitrogens with zero attached hydrogens (tertiary/aromatic N) is 2. The van der Waals surface area contributed by atoms with E-state index in [0.29, 0.717) is 41.2 Å². The van der Waals surface area contributed by atoms with E-state index in [9.17, 15) is 4.79 Å². The molecule has 0 spiro atoms. The Bertz CT molecular complexity index is 803. The Hall–Kier alpha value is -1.27. The number of benzene rings is 1. The lowest BCUT2D eigenvalue weighted by atomic mass is 9.89. The minimum atomic E-state index is -0.448. The van der Waals surface area contributed by atoms with Crippen molar-refractivity contribution in [3.63, 3.8) is 0 Å². The molecule has 1 aliphatic heterocycles. The molecule has 1 aromatic carbocycles. The number of hydrogen-bond acceptors (Lipinski definition) is 4. The van der Waals surface area contributed by atoms with Crippen LogP contribution in [0.25, 0.3) is 5.69 Å². The van der Waals surface area contributed by atoms with E-state index in [1.807, 2.05) is 0 Å². The first kappa shape index (κ1) is 16.6. The van der Waals surface area contributed by atoms with Gasteiger partial charge in [0.1, 0.15) is 5.02 Å². The molecule has 1 aromatic heterocycles. The molecule has 8 heteroatoms. The maximum atomic E-state index is 12.4. The summed E-state index contributed by atoms with van der Waals surface area (Å²) in [5.74, 6) is 0. The molecule has 0 saturated carbocycles. The van der Waals surface area contributed by atoms with Crippen LogP contribution in [-0.4, -0.2) is 29.5 Å². The molecule has 2 aromatic rings. The second-order valence-corrected chi connectivity index (χ2v) is 7.06. The Morgan fingerprint density at radius 3 is 2.70 bits per heavy atom. The summed E-state index contributed by atoms with van der Waals surface area (Å²) in [6.45, 7) is 4.12. The molecule has 2 heterocycles. The van der Waals surface area contributed by atoms with Crippen LogP contribution in [0.1, 0.15) is 6.92 Å². The summed E-state index contributed by atoms with van der Waals surface area (Å²) >= 11 is 18.2. The summed E-state index contributed by atoms with van der Waals surface area (Å²) in [4.78, 5) is 12.4. The van der Waals surface area contributed by atoms with Crippen LogP contribution in [0.3, 0.4) is 0 Å². The van der Waals surface area contributed by atoms with Crippen molar-refractivity contribution in [2.24, 2.45) is 5.41 Å². The second kappa shape index (κ2) is 6.32. The molecule has 1 aliphatic rings. The lowest BCUT2D eigenvalue weighted by molar-refractivity contribution is -0.0924. The lowest BCUT2D eigenvalue weighted by Crippen LogP contribution is -2.45. The van der Waals surface area contributed by atoms with Crippen LogP contribution in [-0.2, 0) is 4.74 Å². The van der Waals surface area contributed by atoms with Gasteiger partial charge in [0.05, 0.1) is 35.8 Å². The average Bonchev–Trinajstić information content (AvgIpc) is 2.48. The fourth-order valence-electron chi connectivity index (χ4n) is 2.24. The first-order chi connectivity index (χ1) is 10.9. The van der Waals surface area contributed by atoms with Crippen molar-refractivity contribution < 1.29 is 4.74 Å². The van der Waals surface area contributed by atoms with Crippen molar-refractivity contribution in [3.05, 3.63) is 49.8 Å². The Labute approximate surface area is 148 Å². The number of anilines is 1. The third kappa shape index (κ3) is 3.33. The summed E-state index contributed by atoms with van der Waals surface area (Å²) < 4.78 is 6.35. The maximum absolute atomic E-state index is 12.4. The molecule has 0 radical (unpaired) electrons. The number of ether oxygens (including phenoxy) is 1. The van der Waals surface area contributed by atoms with Gasteiger partial charge in [-0.25, -0.2) is 0 Å². The van der Waals surface area contributed by atoms with Gasteiger partial charge in [0.25, 0.3) is 5.56 Å². The predicted molar refractivity (Wildman–Crippen MR) is 92.3 cm³/mol. The predicted octanol–water partition coefficient (Wildman–Crippen LogP) is 3.64. The first-order valence-electron chi connectivity index (χ1n) is 6.94. The molecule has 3 rings (SSSR count). The zero-order valence-electron chi connectivity index (χ0n) is 12.3. The summed E-state index contributed by atoms with van der Waals surface area (Å²) in [6.07, 6.45) is 1.51. The fraction of sp³-hybridized carbons (Fsp3) is 0.333. The van der Waals surface area contributed by atoms with Crippen LogP contribution in [0.4, 0.5) is 5.69 Å². The van der Waals surface area contributed by atoms with Crippen molar-refractivity contribution in [2.75, 3.05) is 25.1 Å². The van der Waals surface area contributed by atoms with E-state index >= 15 is 0 Å². The Balaban J connectivity index is 1.89. The average molecular weight is 375 g/mol. The van der Waals surface area contributed by atoms with Crippen molar-refractivity contribution in [2.45, 2.75) is 6.92 Å². The Morgan fingerprint density at radius 1 is 1.35 bits per heavy atom. The van der Waals surface area contributed by atoms with Crippen LogP contribution in [0.5, 0.6) is 0 Å². The normalized spacial score (nSPS) is 16.0. The highest BCUT2D eigenvalue weighted by molar-refractivity contribution is 6.36. The Kier molecular flexibility index (Phi) is 4.56. The zero-order valence-corrected chi connectivity index (χ0v) is 14.5. The highest BCUT2D eigenvalue weighted by atomic mass is 35.5. The maximum Gasteiger partial charge on any atom is 0.292 e. The molecule has 122 valence electrons. The van der Waals surface area contributed by atoms with Gasteiger partial charge in [-0.05, 0) is 18.2 Å². The fourth-order valence-corrected chi connectivity index (χ4v) is 2.93. The first-order valence-corrected chi connectivity index (χ1v) is 8.08. The third-order valence-electron chi connectivity index (χ3n) is 3.66. The molecule has 1 fully saturated rings. The SMILES string of the molecule is CC1(CNc2cnn(-c3ccc(Cl)cc3Cl)c(=O)c2Cl)COC1. The molecule has 23 heavy (non-hydrogen) atoms. The van der Waals surface area contributed by atoms with Gasteiger partial charge in [0.2, 0.25) is 0 Å². The molecule has 5 nitrogen and oxygen atoms in total. The van der Waals surface area contributed by atoms with Crippen LogP contribution in [0.15, 0.2) is 29.2 Å². The van der Waals surface area contributed by atoms with E-state index in [-0.39, 0.29) is 10.4 Å². The summed E-state index contributed by atoms with van der Waals surface area (Å²) in [5.41, 5.74) is 0.522. The summed E-state index contributed by atoms with van der Waals surface area (Å²) in [6, 6.07) is 4.80. The molecular formula is C15H14Cl3N3O2. The summed E-state index contributed by atoms with van der Waals surface area (Å²) in [7, 11) is 0. The molecule has 1 saturated heterocycles. The topological polar surface area (TPSA) is 56.2 Å². The van der Waals surface area contributed by atoms with E-state index in [1.54, 1.807) is 18.2 Å². The van der Waals surface area contributed by atoms with Gasteiger partial charge in [-0.15, -0.1) is 0 Å². The largest absolute Gasteiger partial charge is 0.382 e. The monoisotopic (exact) mass is 373 g/mol. The molecular weight excluding hydrogens is 361 g/mol. The Morgan fingerprint density at radius 2 is 2.09 bits per heavy atom. The van der Waals surface area contributed by atoms with Crippen LogP contribution in [0.2, 0.25) is 15.1 Å². The van der Waals surface area contributed by atoms with Crippen LogP contribution < -0.4 is 10.9 Å². The number of hydrogen-bond donors (Lipinski definition) is 1. The molecule has 0 unspecified atom stereocenters. The third-order valence-corrected chi connectivity index (χ3v) is 4.57. The van der Waals surface area contributed by atoms with E-state index < -0.39 is 5.56 Å². The van der Waals surface area contributed by atoms with Gasteiger partial charge >= 0.3 is 0 Å². The number of aromatic nitrogens is 2. The lowest BCUT2D eigenvalue weighted by Gasteiger charge is -2.38. The highest BCUT2D eigenvalue weighted by Crippen LogP contribution is 2.28. The van der Waals surface area contributed by atoms with Crippen molar-refractivity contribution in [1.82, 2.24) is 9.78 Å². The van der Waals surface area contributed by atoms with Gasteiger partial charge < -0.3 is 10.1 Å². The standard InChI is InChI=1S/C15H14Cl3N3O2/c1-15(7-23-8-15)6-19-11-5-20-21(14(22)13(11)18)12-3-2-9(16)4-10(12)17/h2-5,19H,6-8H2,1H3. The van der Waals surface area contributed by atoms with Gasteiger partial charge in [0, 0.05) is 17.0 Å². The smallest absolute Gasteiger partial charge is 0.292 e. The second-order valence-electron chi connectivity index (χ2n) is 5.84. The minimum Gasteiger partial charge on any atom is -0.382 e. The van der Waals surface area contributed by atoms with E-state index in [4.69, 9.17) is 39.5 Å². The van der Waals surface area contributed by atoms with Crippen LogP contribution >= 0.6 is 34.8 Å².